The van der Waals surface area contributed by atoms with E-state index in [9.17, 15) is 24.6 Å². The smallest absolute Gasteiger partial charge is 0.350 e. The van der Waals surface area contributed by atoms with Gasteiger partial charge in [-0.2, -0.15) is 0 Å². The molecule has 4 aromatic rings. The Kier molecular flexibility index (Phi) is 9.19. The standard InChI is InChI=1S/C34H32N2O8S/c1-5-42-26-17-22(12-15-25(26)37)28-27(30(39)32(40)36(28)34-35-20(4)31(45-34)33(41)43-6-2)29(38)24-14-13-23(16-19(24)3)44-18-21-10-8-7-9-11-21/h7-17,28,37-38H,5-6,18H2,1-4H3. The molecule has 11 heteroatoms. The van der Waals surface area contributed by atoms with Crippen LogP contribution in [0, 0.1) is 13.8 Å². The monoisotopic (exact) mass is 628 g/mol. The number of ketones is 1. The van der Waals surface area contributed by atoms with Crippen LogP contribution in [-0.4, -0.2) is 46.1 Å². The molecule has 1 atom stereocenters. The summed E-state index contributed by atoms with van der Waals surface area (Å²) in [7, 11) is 0. The molecule has 2 heterocycles. The van der Waals surface area contributed by atoms with E-state index in [0.29, 0.717) is 34.7 Å². The molecule has 1 aliphatic heterocycles. The highest BCUT2D eigenvalue weighted by molar-refractivity contribution is 7.17. The van der Waals surface area contributed by atoms with Crippen LogP contribution in [0.4, 0.5) is 5.13 Å². The average molecular weight is 629 g/mol. The second-order valence-corrected chi connectivity index (χ2v) is 11.2. The number of thiazole rings is 1. The van der Waals surface area contributed by atoms with E-state index in [4.69, 9.17) is 14.2 Å². The number of carbonyl (C=O) groups excluding carboxylic acids is 3. The van der Waals surface area contributed by atoms with Crippen molar-refractivity contribution in [2.24, 2.45) is 0 Å². The highest BCUT2D eigenvalue weighted by Crippen LogP contribution is 2.46. The maximum Gasteiger partial charge on any atom is 0.350 e. The third kappa shape index (κ3) is 6.25. The number of aromatic hydroxyl groups is 1. The van der Waals surface area contributed by atoms with Crippen molar-refractivity contribution in [3.63, 3.8) is 0 Å². The Labute approximate surface area is 264 Å². The number of phenolic OH excluding ortho intramolecular Hbond substituents is 1. The third-order valence-electron chi connectivity index (χ3n) is 7.20. The van der Waals surface area contributed by atoms with Gasteiger partial charge in [0.25, 0.3) is 5.78 Å². The number of amides is 1. The maximum absolute atomic E-state index is 13.7. The number of aromatic nitrogens is 1. The van der Waals surface area contributed by atoms with Crippen molar-refractivity contribution in [2.75, 3.05) is 18.1 Å². The molecule has 45 heavy (non-hydrogen) atoms. The van der Waals surface area contributed by atoms with Crippen molar-refractivity contribution in [1.29, 1.82) is 0 Å². The lowest BCUT2D eigenvalue weighted by Crippen LogP contribution is -2.29. The van der Waals surface area contributed by atoms with Gasteiger partial charge in [0.15, 0.2) is 16.6 Å². The summed E-state index contributed by atoms with van der Waals surface area (Å²) in [5, 5.41) is 22.1. The normalized spacial score (nSPS) is 15.7. The molecule has 1 aromatic heterocycles. The summed E-state index contributed by atoms with van der Waals surface area (Å²) in [4.78, 5) is 45.7. The second kappa shape index (κ2) is 13.2. The number of rotatable bonds is 10. The Morgan fingerprint density at radius 2 is 1.73 bits per heavy atom. The fourth-order valence-corrected chi connectivity index (χ4v) is 6.05. The van der Waals surface area contributed by atoms with E-state index in [1.807, 2.05) is 30.3 Å². The Hall–Kier alpha value is -5.16. The molecule has 5 rings (SSSR count). The van der Waals surface area contributed by atoms with Crippen LogP contribution in [0.5, 0.6) is 17.2 Å². The Morgan fingerprint density at radius 3 is 2.42 bits per heavy atom. The van der Waals surface area contributed by atoms with Gasteiger partial charge in [-0.15, -0.1) is 0 Å². The van der Waals surface area contributed by atoms with Gasteiger partial charge in [0.2, 0.25) is 0 Å². The number of ether oxygens (including phenoxy) is 3. The van der Waals surface area contributed by atoms with Gasteiger partial charge < -0.3 is 24.4 Å². The van der Waals surface area contributed by atoms with Gasteiger partial charge in [-0.1, -0.05) is 47.7 Å². The first-order valence-corrected chi connectivity index (χ1v) is 15.1. The predicted octanol–water partition coefficient (Wildman–Crippen LogP) is 6.25. The summed E-state index contributed by atoms with van der Waals surface area (Å²) in [6.07, 6.45) is 0. The summed E-state index contributed by atoms with van der Waals surface area (Å²) in [6, 6.07) is 18.0. The SMILES string of the molecule is CCOC(=O)c1sc(N2C(=O)C(=O)C(=C(O)c3ccc(OCc4ccccc4)cc3C)C2c2ccc(O)c(OCC)c2)nc1C. The molecule has 0 spiro atoms. The Morgan fingerprint density at radius 1 is 0.978 bits per heavy atom. The van der Waals surface area contributed by atoms with Gasteiger partial charge >= 0.3 is 11.9 Å². The number of benzene rings is 3. The van der Waals surface area contributed by atoms with Gasteiger partial charge in [0.05, 0.1) is 30.5 Å². The summed E-state index contributed by atoms with van der Waals surface area (Å²) < 4.78 is 16.6. The van der Waals surface area contributed by atoms with E-state index in [-0.39, 0.29) is 40.3 Å². The molecule has 10 nitrogen and oxygen atoms in total. The van der Waals surface area contributed by atoms with Crippen molar-refractivity contribution in [3.05, 3.63) is 105 Å². The maximum atomic E-state index is 13.7. The lowest BCUT2D eigenvalue weighted by molar-refractivity contribution is -0.132. The fraction of sp³-hybridized carbons (Fsp3) is 0.235. The number of esters is 1. The highest BCUT2D eigenvalue weighted by atomic mass is 32.1. The molecule has 2 N–H and O–H groups in total. The van der Waals surface area contributed by atoms with Crippen LogP contribution in [0.1, 0.15) is 57.5 Å². The van der Waals surface area contributed by atoms with E-state index < -0.39 is 29.5 Å². The van der Waals surface area contributed by atoms with Crippen LogP contribution in [0.15, 0.2) is 72.3 Å². The number of phenols is 1. The molecule has 0 aliphatic carbocycles. The predicted molar refractivity (Wildman–Crippen MR) is 169 cm³/mol. The molecule has 0 radical (unpaired) electrons. The number of Topliss-reactive ketones (excluding diaryl/α,β-unsaturated/α-hetero) is 1. The zero-order chi connectivity index (χ0) is 32.2. The van der Waals surface area contributed by atoms with E-state index in [2.05, 4.69) is 4.98 Å². The first-order valence-electron chi connectivity index (χ1n) is 14.3. The van der Waals surface area contributed by atoms with E-state index in [1.54, 1.807) is 45.9 Å². The number of aliphatic hydroxyl groups is 1. The molecule has 3 aromatic carbocycles. The zero-order valence-corrected chi connectivity index (χ0v) is 26.0. The van der Waals surface area contributed by atoms with Crippen LogP contribution in [0.3, 0.4) is 0 Å². The fourth-order valence-electron chi connectivity index (χ4n) is 5.07. The lowest BCUT2D eigenvalue weighted by atomic mass is 9.93. The molecule has 232 valence electrons. The molecule has 1 saturated heterocycles. The van der Waals surface area contributed by atoms with Gasteiger partial charge in [-0.25, -0.2) is 9.78 Å². The number of aliphatic hydroxyl groups excluding tert-OH is 1. The largest absolute Gasteiger partial charge is 0.507 e. The Bertz CT molecular complexity index is 1800. The van der Waals surface area contributed by atoms with Crippen LogP contribution in [0.2, 0.25) is 0 Å². The van der Waals surface area contributed by atoms with Gasteiger partial charge in [-0.3, -0.25) is 14.5 Å². The number of hydrogen-bond acceptors (Lipinski definition) is 10. The molecule has 1 amide bonds. The van der Waals surface area contributed by atoms with Crippen LogP contribution in [-0.2, 0) is 20.9 Å². The number of aryl methyl sites for hydroxylation is 2. The van der Waals surface area contributed by atoms with Crippen molar-refractivity contribution in [3.8, 4) is 17.2 Å². The van der Waals surface area contributed by atoms with Crippen molar-refractivity contribution < 1.29 is 38.8 Å². The second-order valence-electron chi connectivity index (χ2n) is 10.2. The minimum absolute atomic E-state index is 0.0779. The molecule has 0 saturated carbocycles. The number of hydrogen-bond donors (Lipinski definition) is 2. The molecule has 1 fully saturated rings. The molecule has 0 bridgehead atoms. The van der Waals surface area contributed by atoms with Crippen molar-refractivity contribution in [2.45, 2.75) is 40.3 Å². The molecule has 1 unspecified atom stereocenters. The lowest BCUT2D eigenvalue weighted by Gasteiger charge is -2.24. The van der Waals surface area contributed by atoms with E-state index >= 15 is 0 Å². The quantitative estimate of drug-likeness (QED) is 0.0905. The van der Waals surface area contributed by atoms with E-state index in [0.717, 1.165) is 21.8 Å². The minimum Gasteiger partial charge on any atom is -0.507 e. The molecular weight excluding hydrogens is 596 g/mol. The average Bonchev–Trinajstić information content (AvgIpc) is 3.53. The summed E-state index contributed by atoms with van der Waals surface area (Å²) >= 11 is 0.911. The number of carbonyl (C=O) groups is 3. The minimum atomic E-state index is -1.15. The van der Waals surface area contributed by atoms with Gasteiger partial charge in [-0.05, 0) is 74.7 Å². The Balaban J connectivity index is 1.61. The van der Waals surface area contributed by atoms with Gasteiger partial charge in [0, 0.05) is 5.56 Å². The zero-order valence-electron chi connectivity index (χ0n) is 25.2. The molecular formula is C34H32N2O8S. The van der Waals surface area contributed by atoms with Crippen LogP contribution in [0.25, 0.3) is 5.76 Å². The summed E-state index contributed by atoms with van der Waals surface area (Å²) in [5.74, 6) is -2.28. The van der Waals surface area contributed by atoms with Crippen LogP contribution < -0.4 is 14.4 Å². The van der Waals surface area contributed by atoms with Crippen molar-refractivity contribution >= 4 is 39.9 Å². The van der Waals surface area contributed by atoms with Crippen LogP contribution >= 0.6 is 11.3 Å². The number of anilines is 1. The number of nitrogens with zero attached hydrogens (tertiary/aromatic N) is 2. The highest BCUT2D eigenvalue weighted by Gasteiger charge is 2.48. The summed E-state index contributed by atoms with van der Waals surface area (Å²) in [5.41, 5.74) is 2.46. The topological polar surface area (TPSA) is 135 Å². The first kappa shape index (κ1) is 31.3. The summed E-state index contributed by atoms with van der Waals surface area (Å²) in [6.45, 7) is 7.56. The third-order valence-corrected chi connectivity index (χ3v) is 8.33. The van der Waals surface area contributed by atoms with Crippen molar-refractivity contribution in [1.82, 2.24) is 4.98 Å². The van der Waals surface area contributed by atoms with E-state index in [1.165, 1.54) is 18.2 Å². The first-order chi connectivity index (χ1) is 21.6. The molecule has 1 aliphatic rings. The van der Waals surface area contributed by atoms with Gasteiger partial charge in [0.1, 0.15) is 23.0 Å².